The zero-order valence-electron chi connectivity index (χ0n) is 5.22. The number of hydrogen-bond donors (Lipinski definition) is 1. The second-order valence-corrected chi connectivity index (χ2v) is 1.85. The molecule has 1 N–H and O–H groups in total. The predicted molar refractivity (Wildman–Crippen MR) is 35.2 cm³/mol. The fourth-order valence-corrected chi connectivity index (χ4v) is 0.532. The maximum absolute atomic E-state index is 12.3. The van der Waals surface area contributed by atoms with E-state index >= 15 is 0 Å². The Hall–Kier alpha value is -1.33. The first-order chi connectivity index (χ1) is 4.61. The van der Waals surface area contributed by atoms with Crippen LogP contribution in [0.15, 0.2) is 15.8 Å². The van der Waals surface area contributed by atoms with Crippen LogP contribution in [0.3, 0.4) is 0 Å². The third kappa shape index (κ3) is 0.998. The second kappa shape index (κ2) is 2.13. The molecule has 0 amide bonds. The van der Waals surface area contributed by atoms with Crippen molar-refractivity contribution < 1.29 is 4.39 Å². The zero-order valence-corrected chi connectivity index (χ0v) is 5.22. The van der Waals surface area contributed by atoms with Crippen LogP contribution < -0.4 is 11.2 Å². The molecule has 0 saturated carbocycles. The maximum Gasteiger partial charge on any atom is 0.315 e. The largest absolute Gasteiger partial charge is 0.350 e. The summed E-state index contributed by atoms with van der Waals surface area (Å²) in [7, 11) is 1.35. The van der Waals surface area contributed by atoms with Crippen LogP contribution in [0, 0.1) is 5.82 Å². The smallest absolute Gasteiger partial charge is 0.315 e. The fraction of sp³-hybridized carbons (Fsp3) is 0. The third-order valence-corrected chi connectivity index (χ3v) is 1.06. The summed E-state index contributed by atoms with van der Waals surface area (Å²) in [6.07, 6.45) is 0.834. The highest BCUT2D eigenvalue weighted by molar-refractivity contribution is 6.06. The van der Waals surface area contributed by atoms with Gasteiger partial charge in [-0.05, 0) is 0 Å². The van der Waals surface area contributed by atoms with Gasteiger partial charge in [0.15, 0.2) is 0 Å². The molecule has 1 aromatic heterocycles. The molecule has 0 aliphatic heterocycles. The summed E-state index contributed by atoms with van der Waals surface area (Å²) in [6.45, 7) is 0. The highest BCUT2D eigenvalue weighted by Crippen LogP contribution is 1.77. The van der Waals surface area contributed by atoms with Crippen LogP contribution in [0.25, 0.3) is 0 Å². The van der Waals surface area contributed by atoms with Gasteiger partial charge in [0.1, 0.15) is 0 Å². The number of nitrogens with zero attached hydrogens (tertiary/aromatic N) is 1. The minimum Gasteiger partial charge on any atom is -0.350 e. The van der Waals surface area contributed by atoms with Crippen molar-refractivity contribution in [2.24, 2.45) is 0 Å². The van der Waals surface area contributed by atoms with Crippen molar-refractivity contribution in [2.45, 2.75) is 0 Å². The first kappa shape index (κ1) is 6.79. The average molecular weight is 142 g/mol. The van der Waals surface area contributed by atoms with Crippen molar-refractivity contribution in [3.8, 4) is 0 Å². The van der Waals surface area contributed by atoms with Crippen LogP contribution in [-0.4, -0.2) is 17.4 Å². The number of aromatic nitrogens is 2. The van der Waals surface area contributed by atoms with Gasteiger partial charge in [-0.15, -0.1) is 0 Å². The summed E-state index contributed by atoms with van der Waals surface area (Å²) in [5.41, 5.74) is -1.60. The van der Waals surface area contributed by atoms with Gasteiger partial charge in [0.2, 0.25) is 13.8 Å². The van der Waals surface area contributed by atoms with E-state index in [4.69, 9.17) is 0 Å². The monoisotopic (exact) mass is 142 g/mol. The predicted octanol–water partition coefficient (Wildman–Crippen LogP) is -1.93. The van der Waals surface area contributed by atoms with Gasteiger partial charge in [0, 0.05) is 6.20 Å². The van der Waals surface area contributed by atoms with Crippen LogP contribution in [-0.2, 0) is 0 Å². The van der Waals surface area contributed by atoms with E-state index in [2.05, 4.69) is 0 Å². The number of hydrogen-bond acceptors (Lipinski definition) is 2. The van der Waals surface area contributed by atoms with E-state index in [1.807, 2.05) is 0 Å². The quantitative estimate of drug-likeness (QED) is 0.429. The molecule has 52 valence electrons. The van der Waals surface area contributed by atoms with E-state index in [0.717, 1.165) is 10.7 Å². The SMILES string of the molecule is Bn1cc(F)c(=O)[nH]c1=O. The summed E-state index contributed by atoms with van der Waals surface area (Å²) >= 11 is 0. The number of halogens is 1. The van der Waals surface area contributed by atoms with Gasteiger partial charge >= 0.3 is 5.69 Å². The molecule has 1 aromatic rings. The molecular weight excluding hydrogens is 138 g/mol. The molecule has 0 aliphatic carbocycles. The van der Waals surface area contributed by atoms with Gasteiger partial charge < -0.3 is 4.48 Å². The van der Waals surface area contributed by atoms with E-state index in [-0.39, 0.29) is 0 Å². The first-order valence-corrected chi connectivity index (χ1v) is 2.56. The Bertz CT molecular complexity index is 324. The van der Waals surface area contributed by atoms with Gasteiger partial charge in [0.05, 0.1) is 0 Å². The van der Waals surface area contributed by atoms with Gasteiger partial charge in [-0.2, -0.15) is 4.39 Å². The lowest BCUT2D eigenvalue weighted by molar-refractivity contribution is 0.592. The molecule has 0 fully saturated rings. The summed E-state index contributed by atoms with van der Waals surface area (Å²) in [5.74, 6) is -0.956. The molecule has 0 aromatic carbocycles. The lowest BCUT2D eigenvalue weighted by Crippen LogP contribution is -2.30. The molecule has 6 heteroatoms. The molecule has 0 radical (unpaired) electrons. The van der Waals surface area contributed by atoms with Crippen LogP contribution >= 0.6 is 0 Å². The number of nitrogens with one attached hydrogen (secondary N) is 1. The highest BCUT2D eigenvalue weighted by Gasteiger charge is 1.97. The minimum atomic E-state index is -0.983. The second-order valence-electron chi connectivity index (χ2n) is 1.85. The molecule has 0 bridgehead atoms. The van der Waals surface area contributed by atoms with E-state index < -0.39 is 17.1 Å². The topological polar surface area (TPSA) is 54.9 Å². The van der Waals surface area contributed by atoms with Gasteiger partial charge in [-0.3, -0.25) is 9.78 Å². The maximum atomic E-state index is 12.3. The normalized spacial score (nSPS) is 9.70. The van der Waals surface area contributed by atoms with Crippen LogP contribution in [0.2, 0.25) is 0 Å². The van der Waals surface area contributed by atoms with E-state index in [9.17, 15) is 14.0 Å². The Balaban J connectivity index is 3.59. The van der Waals surface area contributed by atoms with Crippen LogP contribution in [0.4, 0.5) is 4.39 Å². The molecular formula is C4H4BFN2O2. The van der Waals surface area contributed by atoms with Crippen LogP contribution in [0.1, 0.15) is 0 Å². The van der Waals surface area contributed by atoms with Gasteiger partial charge in [-0.1, -0.05) is 0 Å². The molecule has 10 heavy (non-hydrogen) atoms. The number of H-pyrrole nitrogens is 1. The molecule has 1 heterocycles. The van der Waals surface area contributed by atoms with E-state index in [1.165, 1.54) is 7.98 Å². The zero-order chi connectivity index (χ0) is 7.72. The van der Waals surface area contributed by atoms with Crippen LogP contribution in [0.5, 0.6) is 0 Å². The molecule has 0 spiro atoms. The molecule has 0 unspecified atom stereocenters. The third-order valence-electron chi connectivity index (χ3n) is 1.06. The Kier molecular flexibility index (Phi) is 1.45. The van der Waals surface area contributed by atoms with Crippen molar-refractivity contribution in [3.63, 3.8) is 0 Å². The molecule has 4 nitrogen and oxygen atoms in total. The summed E-state index contributed by atoms with van der Waals surface area (Å²) in [5, 5.41) is 0. The van der Waals surface area contributed by atoms with Crippen molar-refractivity contribution >= 4 is 7.98 Å². The van der Waals surface area contributed by atoms with Gasteiger partial charge in [0.25, 0.3) is 5.56 Å². The standard InChI is InChI=1S/C4H4BFN2O2/c5-8-1-2(6)3(9)7-4(8)10/h1H,5H2,(H,7,9,10). The first-order valence-electron chi connectivity index (χ1n) is 2.56. The minimum absolute atomic E-state index is 0.619. The summed E-state index contributed by atoms with van der Waals surface area (Å²) in [4.78, 5) is 22.7. The van der Waals surface area contributed by atoms with Crippen molar-refractivity contribution in [1.82, 2.24) is 9.46 Å². The lowest BCUT2D eigenvalue weighted by Gasteiger charge is -1.92. The summed E-state index contributed by atoms with van der Waals surface area (Å²) in [6, 6.07) is 0. The average Bonchev–Trinajstić information content (AvgIpc) is 1.84. The summed E-state index contributed by atoms with van der Waals surface area (Å²) < 4.78 is 13.2. The number of rotatable bonds is 0. The Morgan fingerprint density at radius 1 is 1.60 bits per heavy atom. The molecule has 0 aliphatic rings. The Morgan fingerprint density at radius 3 is 2.70 bits per heavy atom. The number of aromatic amines is 1. The lowest BCUT2D eigenvalue weighted by atomic mass is 10.4. The van der Waals surface area contributed by atoms with Crippen molar-refractivity contribution in [3.05, 3.63) is 32.9 Å². The van der Waals surface area contributed by atoms with Gasteiger partial charge in [-0.25, -0.2) is 4.79 Å². The Morgan fingerprint density at radius 2 is 2.20 bits per heavy atom. The van der Waals surface area contributed by atoms with E-state index in [0.29, 0.717) is 0 Å². The molecule has 0 atom stereocenters. The van der Waals surface area contributed by atoms with E-state index in [1.54, 1.807) is 4.98 Å². The van der Waals surface area contributed by atoms with Crippen molar-refractivity contribution in [1.29, 1.82) is 0 Å². The highest BCUT2D eigenvalue weighted by atomic mass is 19.1. The Labute approximate surface area is 55.7 Å². The van der Waals surface area contributed by atoms with Crippen molar-refractivity contribution in [2.75, 3.05) is 0 Å². The molecule has 0 saturated heterocycles. The molecule has 1 rings (SSSR count). The fourth-order valence-electron chi connectivity index (χ4n) is 0.532.